The number of nitrogen functional groups attached to an aromatic ring is 1. The molecule has 2 aromatic heterocycles. The van der Waals surface area contributed by atoms with Crippen LogP contribution in [-0.2, 0) is 12.8 Å². The first-order valence-electron chi connectivity index (χ1n) is 28.8. The van der Waals surface area contributed by atoms with Crippen molar-refractivity contribution < 1.29 is 9.47 Å². The van der Waals surface area contributed by atoms with Gasteiger partial charge in [0.05, 0.1) is 27.4 Å². The molecule has 0 amide bonds. The van der Waals surface area contributed by atoms with Gasteiger partial charge in [-0.05, 0) is 223 Å². The number of rotatable bonds is 30. The fraction of sp³-hybridized carbons (Fsp3) is 0.190. The second-order valence-electron chi connectivity index (χ2n) is 19.6. The van der Waals surface area contributed by atoms with Crippen molar-refractivity contribution in [2.24, 2.45) is 0 Å². The van der Waals surface area contributed by atoms with Crippen LogP contribution in [-0.4, -0.2) is 34.2 Å². The van der Waals surface area contributed by atoms with Crippen LogP contribution in [0.2, 0.25) is 5.15 Å². The number of nitrogens with two attached hydrogens (primary N) is 1. The molecule has 0 radical (unpaired) electrons. The highest BCUT2D eigenvalue weighted by atomic mass is 35.5. The summed E-state index contributed by atoms with van der Waals surface area (Å²) in [6.07, 6.45) is 4.61. The minimum Gasteiger partial charge on any atom is -0.491 e. The van der Waals surface area contributed by atoms with Crippen molar-refractivity contribution in [1.82, 2.24) is 19.9 Å². The third kappa shape index (κ3) is 45.3. The minimum absolute atomic E-state index is 0.0247. The molecule has 10 nitrogen and oxygen atoms in total. The second-order valence-corrected chi connectivity index (χ2v) is 227. The van der Waals surface area contributed by atoms with Gasteiger partial charge < -0.3 is 20.5 Å². The van der Waals surface area contributed by atoms with Gasteiger partial charge in [-0.15, -0.1) is 259 Å². The van der Waals surface area contributed by atoms with Crippen molar-refractivity contribution >= 4 is 476 Å². The third-order valence-corrected chi connectivity index (χ3v) is 344. The molecule has 3 N–H and O–H groups in total. The van der Waals surface area contributed by atoms with Gasteiger partial charge in [-0.1, -0.05) is 113 Å². The molecule has 4 aromatic carbocycles. The van der Waals surface area contributed by atoms with Crippen LogP contribution in [0.3, 0.4) is 0 Å². The largest absolute Gasteiger partial charge is 0.491 e. The number of halogens is 1. The number of hydrogen-bond donors (Lipinski definition) is 2. The van der Waals surface area contributed by atoms with Gasteiger partial charge in [0.1, 0.15) is 24.0 Å². The zero-order chi connectivity index (χ0) is 82.0. The summed E-state index contributed by atoms with van der Waals surface area (Å²) in [5, 5.41) is 3.62. The molecule has 598 valence electrons. The lowest BCUT2D eigenvalue weighted by atomic mass is 10.1. The lowest BCUT2D eigenvalue weighted by molar-refractivity contribution is 0.413. The molecule has 0 aliphatic heterocycles. The van der Waals surface area contributed by atoms with Crippen LogP contribution in [0, 0.1) is 27.0 Å². The van der Waals surface area contributed by atoms with Gasteiger partial charge in [0, 0.05) is 22.5 Å². The number of nitrogens with zero attached hydrogens (tertiary/aromatic N) is 6. The Bertz CT molecular complexity index is 3520. The summed E-state index contributed by atoms with van der Waals surface area (Å²) in [7, 11) is 96.0. The Labute approximate surface area is 743 Å². The average molecular weight is 2460 g/mol. The maximum absolute atomic E-state index is 7.25. The number of hydrogen-bond acceptors (Lipinski definition) is 8. The maximum Gasteiger partial charge on any atom is 0.190 e. The van der Waals surface area contributed by atoms with E-state index < -0.39 is 0 Å². The van der Waals surface area contributed by atoms with Crippen molar-refractivity contribution in [3.63, 3.8) is 0 Å². The Balaban J connectivity index is 0.000000654. The van der Waals surface area contributed by atoms with Crippen LogP contribution in [0.5, 0.6) is 11.5 Å². The Kier molecular flexibility index (Phi) is 78.1. The molecule has 35 unspecified atom stereocenters. The Morgan fingerprint density at radius 3 is 1.08 bits per heavy atom. The summed E-state index contributed by atoms with van der Waals surface area (Å²) < 4.78 is 10.8. The predicted octanol–water partition coefficient (Wildman–Crippen LogP) is 41.3. The molecule has 0 bridgehead atoms. The third-order valence-electron chi connectivity index (χ3n) is 12.2. The molecule has 35 atom stereocenters. The highest BCUT2D eigenvalue weighted by Gasteiger charge is 2.43. The SMILES string of the molecule is COc1c(Cl)ncnc1-c1ccc(C)cc1.PP(P)P(P)P(P(P(P)P)P(P)P)P(P(P)P)P(P)P.PPP(P)P(P(P(P)P)P(P)P)P(P(P)P)P(P)P.PPP(P)P(P(P)P)P(P(P)P)P(P)P.[C-]#[N+]c1ccc(N)cc1CC.[C-]#[N+]c1ccc(Nc2ncnc(-c3ccc(C)cc3)c2OC)cc1CC. The smallest absolute Gasteiger partial charge is 0.190 e. The van der Waals surface area contributed by atoms with E-state index >= 15 is 0 Å². The summed E-state index contributed by atoms with van der Waals surface area (Å²) in [4.78, 5) is 23.7. The molecule has 0 spiro atoms. The van der Waals surface area contributed by atoms with Crippen molar-refractivity contribution in [2.75, 3.05) is 25.3 Å². The van der Waals surface area contributed by atoms with Crippen molar-refractivity contribution in [3.8, 4) is 34.0 Å². The lowest BCUT2D eigenvalue weighted by Crippen LogP contribution is -2.01. The Morgan fingerprint density at radius 1 is 0.421 bits per heavy atom. The quantitative estimate of drug-likeness (QED) is 0.0198. The molecule has 2 heterocycles. The van der Waals surface area contributed by atoms with Crippen LogP contribution >= 0.6 is 447 Å². The Hall–Kier alpha value is 16.7. The van der Waals surface area contributed by atoms with Crippen molar-refractivity contribution in [1.29, 1.82) is 0 Å². The molecule has 0 aliphatic rings. The number of ether oxygens (including phenoxy) is 2. The summed E-state index contributed by atoms with van der Waals surface area (Å²) >= 11 is 5.93. The molecule has 6 rings (SSSR count). The van der Waals surface area contributed by atoms with E-state index in [-0.39, 0.29) is 161 Å². The molecule has 6 aromatic rings. The molecule has 65 heteroatoms. The standard InChI is InChI=1S/C21H20N4O.C12H11ClN2O.C9H10N2.H22P20.H21P19.H17P15/c1-5-15-12-17(10-11-18(15)22-3)25-21-20(26-4)19(23-13-24-21)16-8-6-14(2)7-9-16;1-8-3-5-9(6-4-8)10-11(16-2)12(13)15-7-14-10;1-3-7-6-8(10)4-5-9(7)11-2;1-12(2)17(11)20(18(13(3)4)14(5)6)19(15(7)8)16(9)10;1-11-16(10)19(17(12(2)3)13(4)5)18(14(6)7)15(8)9;1-9-13(8)15(12(6)7)14(10(2)3)11(4)5/h6-13H,5H2,1-2,4H3,(H,23,24,25);3-7H,1-2H3;4-6H,3,10H2,1H3;1-11H2;11H,1-10H2;9H,1-8H2. The second kappa shape index (κ2) is 68.7. The number of aromatic nitrogens is 4. The zero-order valence-electron chi connectivity index (χ0n) is 58.6. The van der Waals surface area contributed by atoms with E-state index in [1.165, 1.54) is 23.8 Å². The van der Waals surface area contributed by atoms with E-state index in [4.69, 9.17) is 40.0 Å². The van der Waals surface area contributed by atoms with Crippen LogP contribution < -0.4 is 20.5 Å². The van der Waals surface area contributed by atoms with Crippen LogP contribution in [0.15, 0.2) is 97.6 Å². The van der Waals surface area contributed by atoms with Crippen LogP contribution in [0.25, 0.3) is 32.2 Å². The molecule has 0 aliphatic carbocycles. The number of methoxy groups -OCH3 is 2. The molecule has 0 saturated heterocycles. The highest BCUT2D eigenvalue weighted by molar-refractivity contribution is 9.37. The van der Waals surface area contributed by atoms with Gasteiger partial charge in [0.15, 0.2) is 33.8 Å². The Morgan fingerprint density at radius 2 is 0.748 bits per heavy atom. The van der Waals surface area contributed by atoms with Gasteiger partial charge in [-0.25, -0.2) is 29.6 Å². The molecule has 0 saturated carbocycles. The summed E-state index contributed by atoms with van der Waals surface area (Å²) in [6, 6.07) is 27.2. The summed E-state index contributed by atoms with van der Waals surface area (Å²) in [5.41, 5.74) is 16.3. The van der Waals surface area contributed by atoms with E-state index in [2.05, 4.69) is 294 Å². The number of nitrogens with one attached hydrogen (secondary N) is 1. The fourth-order valence-electron chi connectivity index (χ4n) is 7.70. The predicted molar refractivity (Wildman–Crippen MR) is 672 cm³/mol. The van der Waals surface area contributed by atoms with E-state index in [0.29, 0.717) is 39.5 Å². The first-order chi connectivity index (χ1) is 50.1. The maximum atomic E-state index is 7.25. The van der Waals surface area contributed by atoms with Gasteiger partial charge in [-0.2, -0.15) is 0 Å². The molecular weight excluding hydrogens is 2360 g/mol. The number of aryl methyl sites for hydroxylation is 4. The summed E-state index contributed by atoms with van der Waals surface area (Å²) in [5.74, 6) is 1.69. The first-order valence-corrected chi connectivity index (χ1v) is 125. The van der Waals surface area contributed by atoms with E-state index in [9.17, 15) is 0 Å². The lowest BCUT2D eigenvalue weighted by Gasteiger charge is -2.45. The monoisotopic (exact) mass is 2460 g/mol. The van der Waals surface area contributed by atoms with E-state index in [1.807, 2.05) is 100 Å². The molecule has 107 heavy (non-hydrogen) atoms. The van der Waals surface area contributed by atoms with Gasteiger partial charge >= 0.3 is 0 Å². The molecule has 0 fully saturated rings. The number of anilines is 3. The summed E-state index contributed by atoms with van der Waals surface area (Å²) in [6.45, 7) is 24.6. The van der Waals surface area contributed by atoms with Crippen LogP contribution in [0.1, 0.15) is 36.1 Å². The van der Waals surface area contributed by atoms with Crippen LogP contribution in [0.4, 0.5) is 28.6 Å². The highest BCUT2D eigenvalue weighted by Crippen LogP contribution is 3.31. The average Bonchev–Trinajstić information content (AvgIpc) is 0.832. The van der Waals surface area contributed by atoms with Gasteiger partial charge in [-0.3, -0.25) is 0 Å². The fourth-order valence-corrected chi connectivity index (χ4v) is 609. The first kappa shape index (κ1) is 122. The van der Waals surface area contributed by atoms with Gasteiger partial charge in [0.2, 0.25) is 0 Å². The van der Waals surface area contributed by atoms with E-state index in [0.717, 1.165) is 68.1 Å². The normalized spacial score (nSPS) is 13.0. The molecular formula is C42H101ClN8O2P54. The van der Waals surface area contributed by atoms with E-state index in [1.54, 1.807) is 26.4 Å². The topological polar surface area (TPSA) is 117 Å². The number of benzene rings is 4. The zero-order valence-corrected chi connectivity index (χ0v) is 115. The van der Waals surface area contributed by atoms with Gasteiger partial charge in [0.25, 0.3) is 0 Å². The van der Waals surface area contributed by atoms with Crippen molar-refractivity contribution in [2.45, 2.75) is 40.5 Å². The van der Waals surface area contributed by atoms with Crippen molar-refractivity contribution in [3.05, 3.63) is 148 Å². The minimum atomic E-state index is 0.0247.